The Hall–Kier alpha value is 0.340. The van der Waals surface area contributed by atoms with E-state index in [4.69, 9.17) is 5.73 Å². The van der Waals surface area contributed by atoms with Gasteiger partial charge in [0, 0.05) is 6.42 Å². The number of primary amides is 1. The zero-order valence-electron chi connectivity index (χ0n) is 6.70. The first-order chi connectivity index (χ1) is 3.63. The molecule has 0 rings (SSSR count). The molecular formula is C6H16Cl3NO. The normalized spacial score (nSPS) is 7.18. The highest BCUT2D eigenvalue weighted by Crippen LogP contribution is 2.01. The molecule has 5 heteroatoms. The monoisotopic (exact) mass is 223 g/mol. The quantitative estimate of drug-likeness (QED) is 0.784. The Morgan fingerprint density at radius 1 is 1.27 bits per heavy atom. The molecule has 0 saturated heterocycles. The molecule has 0 radical (unpaired) electrons. The van der Waals surface area contributed by atoms with E-state index in [-0.39, 0.29) is 43.1 Å². The average molecular weight is 225 g/mol. The average Bonchev–Trinajstić information content (AvgIpc) is 1.61. The third-order valence-corrected chi connectivity index (χ3v) is 0.968. The van der Waals surface area contributed by atoms with Gasteiger partial charge in [0.05, 0.1) is 0 Å². The van der Waals surface area contributed by atoms with Crippen molar-refractivity contribution in [2.24, 2.45) is 11.7 Å². The van der Waals surface area contributed by atoms with E-state index in [0.29, 0.717) is 12.3 Å². The molecule has 0 fully saturated rings. The van der Waals surface area contributed by atoms with Crippen LogP contribution in [0.5, 0.6) is 0 Å². The molecule has 1 amide bonds. The maximum Gasteiger partial charge on any atom is 0.217 e. The van der Waals surface area contributed by atoms with Crippen molar-refractivity contribution >= 4 is 43.1 Å². The smallest absolute Gasteiger partial charge is 0.217 e. The maximum absolute atomic E-state index is 10.1. The van der Waals surface area contributed by atoms with E-state index in [9.17, 15) is 4.79 Å². The number of hydrogen-bond donors (Lipinski definition) is 1. The Bertz CT molecular complexity index is 87.9. The van der Waals surface area contributed by atoms with Gasteiger partial charge in [-0.2, -0.15) is 0 Å². The number of halogens is 3. The van der Waals surface area contributed by atoms with Crippen LogP contribution >= 0.6 is 37.2 Å². The van der Waals surface area contributed by atoms with Gasteiger partial charge >= 0.3 is 0 Å². The lowest BCUT2D eigenvalue weighted by molar-refractivity contribution is -0.118. The summed E-state index contributed by atoms with van der Waals surface area (Å²) in [7, 11) is 0. The zero-order chi connectivity index (χ0) is 6.57. The van der Waals surface area contributed by atoms with E-state index >= 15 is 0 Å². The summed E-state index contributed by atoms with van der Waals surface area (Å²) >= 11 is 0. The first-order valence-corrected chi connectivity index (χ1v) is 2.91. The molecule has 11 heavy (non-hydrogen) atoms. The Morgan fingerprint density at radius 3 is 1.73 bits per heavy atom. The summed E-state index contributed by atoms with van der Waals surface area (Å²) in [6.45, 7) is 4.14. The molecule has 0 bridgehead atoms. The Labute approximate surface area is 86.5 Å². The molecule has 72 valence electrons. The van der Waals surface area contributed by atoms with Crippen molar-refractivity contribution < 1.29 is 4.79 Å². The van der Waals surface area contributed by atoms with Crippen LogP contribution < -0.4 is 5.73 Å². The lowest BCUT2D eigenvalue weighted by Crippen LogP contribution is -2.10. The van der Waals surface area contributed by atoms with E-state index in [1.165, 1.54) is 0 Å². The van der Waals surface area contributed by atoms with Gasteiger partial charge in [-0.3, -0.25) is 4.79 Å². The molecule has 0 unspecified atom stereocenters. The van der Waals surface area contributed by atoms with Crippen LogP contribution in [0.4, 0.5) is 0 Å². The largest absolute Gasteiger partial charge is 0.370 e. The summed E-state index contributed by atoms with van der Waals surface area (Å²) in [6, 6.07) is 0. The summed E-state index contributed by atoms with van der Waals surface area (Å²) in [5.74, 6) is 0.390. The summed E-state index contributed by atoms with van der Waals surface area (Å²) in [4.78, 5) is 10.1. The molecule has 0 heterocycles. The second kappa shape index (κ2) is 13.0. The third-order valence-electron chi connectivity index (χ3n) is 0.968. The van der Waals surface area contributed by atoms with Gasteiger partial charge in [-0.25, -0.2) is 0 Å². The Kier molecular flexibility index (Phi) is 26.5. The Morgan fingerprint density at radius 2 is 1.64 bits per heavy atom. The Balaban J connectivity index is -0.0000000817. The molecule has 0 aliphatic rings. The summed E-state index contributed by atoms with van der Waals surface area (Å²) in [6.07, 6.45) is 1.44. The van der Waals surface area contributed by atoms with Crippen LogP contribution in [-0.4, -0.2) is 5.91 Å². The molecule has 0 aliphatic carbocycles. The van der Waals surface area contributed by atoms with Crippen molar-refractivity contribution in [3.05, 3.63) is 0 Å². The van der Waals surface area contributed by atoms with Crippen LogP contribution in [0.15, 0.2) is 0 Å². The van der Waals surface area contributed by atoms with Crippen molar-refractivity contribution in [1.29, 1.82) is 0 Å². The SMILES string of the molecule is CC(C)CCC(N)=O.Cl.Cl.Cl. The van der Waals surface area contributed by atoms with Crippen molar-refractivity contribution in [3.63, 3.8) is 0 Å². The van der Waals surface area contributed by atoms with Gasteiger partial charge in [0.15, 0.2) is 0 Å². The number of rotatable bonds is 3. The minimum atomic E-state index is -0.196. The molecule has 0 spiro atoms. The fraction of sp³-hybridized carbons (Fsp3) is 0.833. The van der Waals surface area contributed by atoms with E-state index in [0.717, 1.165) is 6.42 Å². The van der Waals surface area contributed by atoms with Crippen LogP contribution in [0, 0.1) is 5.92 Å². The van der Waals surface area contributed by atoms with Crippen LogP contribution in [0.3, 0.4) is 0 Å². The van der Waals surface area contributed by atoms with Crippen molar-refractivity contribution in [3.8, 4) is 0 Å². The maximum atomic E-state index is 10.1. The van der Waals surface area contributed by atoms with Gasteiger partial charge in [-0.05, 0) is 12.3 Å². The first kappa shape index (κ1) is 22.5. The minimum Gasteiger partial charge on any atom is -0.370 e. The number of amides is 1. The third kappa shape index (κ3) is 25.2. The summed E-state index contributed by atoms with van der Waals surface area (Å²) < 4.78 is 0. The first-order valence-electron chi connectivity index (χ1n) is 2.91. The van der Waals surface area contributed by atoms with Gasteiger partial charge in [-0.1, -0.05) is 13.8 Å². The van der Waals surface area contributed by atoms with Crippen LogP contribution in [-0.2, 0) is 4.79 Å². The molecule has 0 aromatic carbocycles. The van der Waals surface area contributed by atoms with Crippen molar-refractivity contribution in [2.45, 2.75) is 26.7 Å². The fourth-order valence-electron chi connectivity index (χ4n) is 0.431. The standard InChI is InChI=1S/C6H13NO.3ClH/c1-5(2)3-4-6(7)8;;;/h5H,3-4H2,1-2H3,(H2,7,8);3*1H. The molecule has 0 atom stereocenters. The van der Waals surface area contributed by atoms with Crippen LogP contribution in [0.2, 0.25) is 0 Å². The molecule has 0 saturated carbocycles. The highest BCUT2D eigenvalue weighted by molar-refractivity contribution is 5.86. The number of carbonyl (C=O) groups excluding carboxylic acids is 1. The molecule has 2 nitrogen and oxygen atoms in total. The van der Waals surface area contributed by atoms with Crippen molar-refractivity contribution in [1.82, 2.24) is 0 Å². The highest BCUT2D eigenvalue weighted by Gasteiger charge is 1.96. The zero-order valence-corrected chi connectivity index (χ0v) is 9.15. The fourth-order valence-corrected chi connectivity index (χ4v) is 0.431. The van der Waals surface area contributed by atoms with Gasteiger partial charge in [0.2, 0.25) is 5.91 Å². The van der Waals surface area contributed by atoms with Crippen LogP contribution in [0.1, 0.15) is 26.7 Å². The van der Waals surface area contributed by atoms with Gasteiger partial charge in [0.25, 0.3) is 0 Å². The molecule has 0 aromatic heterocycles. The summed E-state index contributed by atoms with van der Waals surface area (Å²) in [5.41, 5.74) is 4.90. The second-order valence-corrected chi connectivity index (χ2v) is 2.40. The number of carbonyl (C=O) groups is 1. The van der Waals surface area contributed by atoms with E-state index in [2.05, 4.69) is 13.8 Å². The number of nitrogens with two attached hydrogens (primary N) is 1. The molecule has 2 N–H and O–H groups in total. The highest BCUT2D eigenvalue weighted by atomic mass is 35.5. The summed E-state index contributed by atoms with van der Waals surface area (Å²) in [5, 5.41) is 0. The van der Waals surface area contributed by atoms with Gasteiger partial charge in [-0.15, -0.1) is 37.2 Å². The molecule has 0 aliphatic heterocycles. The second-order valence-electron chi connectivity index (χ2n) is 2.40. The lowest BCUT2D eigenvalue weighted by atomic mass is 10.1. The van der Waals surface area contributed by atoms with E-state index in [1.54, 1.807) is 0 Å². The van der Waals surface area contributed by atoms with Crippen LogP contribution in [0.25, 0.3) is 0 Å². The lowest BCUT2D eigenvalue weighted by Gasteiger charge is -1.98. The topological polar surface area (TPSA) is 43.1 Å². The number of hydrogen-bond acceptors (Lipinski definition) is 1. The molecule has 0 aromatic rings. The van der Waals surface area contributed by atoms with Gasteiger partial charge in [0.1, 0.15) is 0 Å². The van der Waals surface area contributed by atoms with Gasteiger partial charge < -0.3 is 5.73 Å². The minimum absolute atomic E-state index is 0. The predicted octanol–water partition coefficient (Wildman–Crippen LogP) is 2.17. The molecular weight excluding hydrogens is 208 g/mol. The van der Waals surface area contributed by atoms with Crippen molar-refractivity contribution in [2.75, 3.05) is 0 Å². The predicted molar refractivity (Wildman–Crippen MR) is 55.0 cm³/mol. The van der Waals surface area contributed by atoms with E-state index < -0.39 is 0 Å². The van der Waals surface area contributed by atoms with E-state index in [1.807, 2.05) is 0 Å².